The quantitative estimate of drug-likeness (QED) is 0.149. The standard InChI is InChI=1S/C45H27N5O.C45H27N5S/c1-3-13-28(14-4-1)43-46-44(29-23-26-40-34(27-29)31-17-9-12-22-39(31)51-40)48-45(47-43)50-36-21-11-8-19-33(36)42-38(50)25-24-37-41(42)32-18-7-10-20-35(32)49(37)30-15-5-2-6-16-30;1-3-14-28(15-4-1)43-46-44(33-21-13-25-39-40(33)32-20-9-12-24-38(32)51-39)48-45(47-43)50-35-23-11-8-19-31(35)42-37(50)27-26-36-41(42)30-18-7-10-22-34(30)49(36)29-16-5-2-6-17-29/h2*1-27H. The molecule has 476 valence electrons. The third-order valence-corrected chi connectivity index (χ3v) is 21.1. The molecule has 12 heteroatoms. The fourth-order valence-corrected chi connectivity index (χ4v) is 16.7. The maximum absolute atomic E-state index is 6.15. The molecular formula is C90H54N10OS. The molecule has 8 heterocycles. The Bertz CT molecular complexity index is 7130. The number of para-hydroxylation sites is 7. The molecule has 22 rings (SSSR count). The minimum atomic E-state index is 0.563. The van der Waals surface area contributed by atoms with Gasteiger partial charge < -0.3 is 13.6 Å². The number of aromatic nitrogens is 10. The second-order valence-electron chi connectivity index (χ2n) is 25.7. The minimum Gasteiger partial charge on any atom is -0.456 e. The van der Waals surface area contributed by atoms with Crippen LogP contribution in [0.1, 0.15) is 0 Å². The Morgan fingerprint density at radius 2 is 0.598 bits per heavy atom. The van der Waals surface area contributed by atoms with E-state index in [2.05, 4.69) is 267 Å². The van der Waals surface area contributed by atoms with Crippen LogP contribution in [0.5, 0.6) is 0 Å². The molecule has 0 aliphatic heterocycles. The summed E-state index contributed by atoms with van der Waals surface area (Å²) in [6.45, 7) is 0. The number of fused-ring (bicyclic) bond motifs is 20. The highest BCUT2D eigenvalue weighted by Gasteiger charge is 2.26. The summed E-state index contributed by atoms with van der Waals surface area (Å²) in [6, 6.07) is 114. The zero-order valence-electron chi connectivity index (χ0n) is 54.5. The number of thiophene rings is 1. The molecule has 0 atom stereocenters. The van der Waals surface area contributed by atoms with E-state index in [1.54, 1.807) is 11.3 Å². The van der Waals surface area contributed by atoms with E-state index >= 15 is 0 Å². The SMILES string of the molecule is c1ccc(-c2nc(-c3ccc4oc5ccccc5c4c3)nc(-n3c4ccccc4c4c5c6ccccc6n(-c6ccccc6)c5ccc43)n2)cc1.c1ccc(-c2nc(-c3cccc4sc5ccccc5c34)nc(-n3c4ccccc4c4c5c6ccccc6n(-c6ccccc6)c5ccc43)n2)cc1. The third kappa shape index (κ3) is 8.93. The molecule has 0 saturated carbocycles. The monoisotopic (exact) mass is 1320 g/mol. The molecule has 14 aromatic carbocycles. The van der Waals surface area contributed by atoms with Crippen LogP contribution in [-0.2, 0) is 0 Å². The summed E-state index contributed by atoms with van der Waals surface area (Å²) >= 11 is 1.80. The lowest BCUT2D eigenvalue weighted by molar-refractivity contribution is 0.669. The van der Waals surface area contributed by atoms with Crippen molar-refractivity contribution in [1.82, 2.24) is 48.2 Å². The van der Waals surface area contributed by atoms with E-state index in [0.717, 1.165) is 99.4 Å². The Morgan fingerprint density at radius 1 is 0.225 bits per heavy atom. The molecule has 102 heavy (non-hydrogen) atoms. The van der Waals surface area contributed by atoms with Gasteiger partial charge in [-0.2, -0.15) is 19.9 Å². The van der Waals surface area contributed by atoms with Gasteiger partial charge >= 0.3 is 0 Å². The zero-order valence-corrected chi connectivity index (χ0v) is 55.3. The number of hydrogen-bond acceptors (Lipinski definition) is 8. The maximum atomic E-state index is 6.15. The van der Waals surface area contributed by atoms with E-state index in [9.17, 15) is 0 Å². The van der Waals surface area contributed by atoms with Crippen molar-refractivity contribution < 1.29 is 4.42 Å². The smallest absolute Gasteiger partial charge is 0.238 e. The Balaban J connectivity index is 0.000000133. The van der Waals surface area contributed by atoms with Crippen molar-refractivity contribution in [3.05, 3.63) is 328 Å². The number of rotatable bonds is 8. The van der Waals surface area contributed by atoms with Gasteiger partial charge in [0.25, 0.3) is 0 Å². The van der Waals surface area contributed by atoms with E-state index in [0.29, 0.717) is 35.2 Å². The van der Waals surface area contributed by atoms with Crippen molar-refractivity contribution in [2.45, 2.75) is 0 Å². The Labute approximate surface area is 586 Å². The topological polar surface area (TPSA) is 110 Å². The van der Waals surface area contributed by atoms with Crippen LogP contribution in [0, 0.1) is 0 Å². The summed E-state index contributed by atoms with van der Waals surface area (Å²) in [5.41, 5.74) is 16.5. The summed E-state index contributed by atoms with van der Waals surface area (Å²) in [7, 11) is 0. The van der Waals surface area contributed by atoms with Gasteiger partial charge in [0.1, 0.15) is 11.2 Å². The summed E-state index contributed by atoms with van der Waals surface area (Å²) < 4.78 is 17.8. The minimum absolute atomic E-state index is 0.563. The molecule has 0 spiro atoms. The number of furan rings is 1. The summed E-state index contributed by atoms with van der Waals surface area (Å²) in [5, 5.41) is 14.0. The van der Waals surface area contributed by atoms with Gasteiger partial charge in [-0.1, -0.05) is 218 Å². The molecule has 11 nitrogen and oxygen atoms in total. The van der Waals surface area contributed by atoms with Gasteiger partial charge in [-0.25, -0.2) is 9.97 Å². The van der Waals surface area contributed by atoms with Crippen LogP contribution in [0.3, 0.4) is 0 Å². The van der Waals surface area contributed by atoms with E-state index in [4.69, 9.17) is 34.3 Å². The highest BCUT2D eigenvalue weighted by molar-refractivity contribution is 7.26. The lowest BCUT2D eigenvalue weighted by atomic mass is 10.1. The van der Waals surface area contributed by atoms with Crippen LogP contribution in [0.2, 0.25) is 0 Å². The van der Waals surface area contributed by atoms with Crippen LogP contribution in [0.4, 0.5) is 0 Å². The van der Waals surface area contributed by atoms with Crippen molar-refractivity contribution in [1.29, 1.82) is 0 Å². The Morgan fingerprint density at radius 3 is 1.11 bits per heavy atom. The summed E-state index contributed by atoms with van der Waals surface area (Å²) in [4.78, 5) is 31.3. The molecule has 0 radical (unpaired) electrons. The second-order valence-corrected chi connectivity index (χ2v) is 26.8. The molecule has 0 N–H and O–H groups in total. The number of benzene rings is 14. The van der Waals surface area contributed by atoms with Gasteiger partial charge in [-0.15, -0.1) is 11.3 Å². The van der Waals surface area contributed by atoms with E-state index in [1.807, 2.05) is 78.9 Å². The van der Waals surface area contributed by atoms with Crippen molar-refractivity contribution in [3.63, 3.8) is 0 Å². The van der Waals surface area contributed by atoms with Gasteiger partial charge in [0.05, 0.1) is 44.1 Å². The Hall–Kier alpha value is -13.7. The average Bonchev–Trinajstić information content (AvgIpc) is 1.54. The molecule has 22 aromatic rings. The first-order valence-electron chi connectivity index (χ1n) is 34.1. The molecular weight excluding hydrogens is 1270 g/mol. The van der Waals surface area contributed by atoms with Crippen LogP contribution in [0.25, 0.3) is 198 Å². The van der Waals surface area contributed by atoms with Crippen molar-refractivity contribution in [2.75, 3.05) is 0 Å². The van der Waals surface area contributed by atoms with Gasteiger partial charge in [0.2, 0.25) is 11.9 Å². The zero-order chi connectivity index (χ0) is 66.9. The molecule has 0 saturated heterocycles. The average molecular weight is 1320 g/mol. The highest BCUT2D eigenvalue weighted by atomic mass is 32.1. The number of nitrogens with zero attached hydrogens (tertiary/aromatic N) is 10. The predicted molar refractivity (Wildman–Crippen MR) is 419 cm³/mol. The Kier molecular flexibility index (Phi) is 12.9. The molecule has 0 aliphatic rings. The third-order valence-electron chi connectivity index (χ3n) is 20.0. The predicted octanol–water partition coefficient (Wildman–Crippen LogP) is 23.1. The lowest BCUT2D eigenvalue weighted by Crippen LogP contribution is -2.06. The van der Waals surface area contributed by atoms with Crippen LogP contribution in [0.15, 0.2) is 332 Å². The second kappa shape index (κ2) is 23.0. The molecule has 8 aromatic heterocycles. The molecule has 0 aliphatic carbocycles. The first-order valence-corrected chi connectivity index (χ1v) is 34.9. The first kappa shape index (κ1) is 57.4. The van der Waals surface area contributed by atoms with Gasteiger partial charge in [-0.3, -0.25) is 9.13 Å². The van der Waals surface area contributed by atoms with E-state index < -0.39 is 0 Å². The van der Waals surface area contributed by atoms with Gasteiger partial charge in [-0.05, 0) is 109 Å². The van der Waals surface area contributed by atoms with Crippen LogP contribution >= 0.6 is 11.3 Å². The van der Waals surface area contributed by atoms with Gasteiger partial charge in [0, 0.05) is 108 Å². The lowest BCUT2D eigenvalue weighted by Gasteiger charge is -2.12. The molecule has 0 unspecified atom stereocenters. The maximum Gasteiger partial charge on any atom is 0.238 e. The first-order chi connectivity index (χ1) is 50.6. The van der Waals surface area contributed by atoms with Crippen molar-refractivity contribution in [2.24, 2.45) is 0 Å². The van der Waals surface area contributed by atoms with Crippen LogP contribution in [-0.4, -0.2) is 48.2 Å². The van der Waals surface area contributed by atoms with Crippen molar-refractivity contribution in [3.8, 4) is 68.8 Å². The fourth-order valence-electron chi connectivity index (χ4n) is 15.6. The van der Waals surface area contributed by atoms with Gasteiger partial charge in [0.15, 0.2) is 23.3 Å². The number of hydrogen-bond donors (Lipinski definition) is 0. The largest absolute Gasteiger partial charge is 0.456 e. The summed E-state index contributed by atoms with van der Waals surface area (Å²) in [5.74, 6) is 3.65. The highest BCUT2D eigenvalue weighted by Crippen LogP contribution is 2.46. The fraction of sp³-hybridized carbons (Fsp3) is 0. The molecule has 0 fully saturated rings. The summed E-state index contributed by atoms with van der Waals surface area (Å²) in [6.07, 6.45) is 0. The van der Waals surface area contributed by atoms with Crippen LogP contribution < -0.4 is 0 Å². The van der Waals surface area contributed by atoms with Crippen molar-refractivity contribution >= 4 is 141 Å². The molecule has 0 amide bonds. The van der Waals surface area contributed by atoms with E-state index in [-0.39, 0.29) is 0 Å². The van der Waals surface area contributed by atoms with E-state index in [1.165, 1.54) is 63.5 Å². The normalized spacial score (nSPS) is 11.9. The molecule has 0 bridgehead atoms.